The van der Waals surface area contributed by atoms with Crippen LogP contribution in [0.4, 0.5) is 15.8 Å². The lowest BCUT2D eigenvalue weighted by atomic mass is 10.2. The van der Waals surface area contributed by atoms with Crippen LogP contribution in [0.1, 0.15) is 23.2 Å². The Balaban J connectivity index is 1.87. The third-order valence-corrected chi connectivity index (χ3v) is 5.54. The number of nitrogens with zero attached hydrogens (tertiary/aromatic N) is 1. The number of esters is 1. The Morgan fingerprint density at radius 2 is 1.89 bits per heavy atom. The van der Waals surface area contributed by atoms with E-state index in [1.54, 1.807) is 17.0 Å². The lowest BCUT2D eigenvalue weighted by molar-refractivity contribution is -0.117. The van der Waals surface area contributed by atoms with Crippen LogP contribution in [0.15, 0.2) is 47.4 Å². The maximum Gasteiger partial charge on any atom is 0.340 e. The number of hydrogen-bond acceptors (Lipinski definition) is 5. The number of carbonyl (C=O) groups is 2. The van der Waals surface area contributed by atoms with Crippen LogP contribution in [0.3, 0.4) is 0 Å². The molecule has 9 heteroatoms. The Morgan fingerprint density at radius 1 is 1.19 bits per heavy atom. The Hall–Kier alpha value is -2.94. The molecule has 27 heavy (non-hydrogen) atoms. The molecule has 1 aliphatic rings. The molecule has 0 radical (unpaired) electrons. The Bertz CT molecular complexity index is 989. The molecule has 0 bridgehead atoms. The molecular weight excluding hydrogens is 375 g/mol. The van der Waals surface area contributed by atoms with Crippen molar-refractivity contribution in [2.75, 3.05) is 23.3 Å². The molecule has 0 atom stereocenters. The van der Waals surface area contributed by atoms with E-state index in [9.17, 15) is 22.4 Å². The molecule has 1 aliphatic heterocycles. The summed E-state index contributed by atoms with van der Waals surface area (Å²) in [5, 5.41) is 0. The summed E-state index contributed by atoms with van der Waals surface area (Å²) in [6.07, 6.45) is 1.24. The second kappa shape index (κ2) is 7.36. The van der Waals surface area contributed by atoms with E-state index >= 15 is 0 Å². The fourth-order valence-electron chi connectivity index (χ4n) is 2.81. The van der Waals surface area contributed by atoms with Crippen LogP contribution in [0.25, 0.3) is 0 Å². The lowest BCUT2D eigenvalue weighted by Gasteiger charge is -2.16. The van der Waals surface area contributed by atoms with Gasteiger partial charge in [-0.1, -0.05) is 0 Å². The highest BCUT2D eigenvalue weighted by Crippen LogP contribution is 2.25. The fourth-order valence-corrected chi connectivity index (χ4v) is 3.89. The Labute approximate surface area is 155 Å². The minimum atomic E-state index is -4.03. The highest BCUT2D eigenvalue weighted by atomic mass is 32.2. The molecule has 2 aromatic carbocycles. The number of halogens is 1. The van der Waals surface area contributed by atoms with Crippen molar-refractivity contribution in [3.05, 3.63) is 53.8 Å². The summed E-state index contributed by atoms with van der Waals surface area (Å²) in [7, 11) is -2.91. The summed E-state index contributed by atoms with van der Waals surface area (Å²) in [4.78, 5) is 25.1. The van der Waals surface area contributed by atoms with E-state index in [1.165, 1.54) is 12.1 Å². The van der Waals surface area contributed by atoms with E-state index in [1.807, 2.05) is 0 Å². The lowest BCUT2D eigenvalue weighted by Crippen LogP contribution is -2.23. The molecule has 2 aromatic rings. The molecular formula is C18H17FN2O5S. The largest absolute Gasteiger partial charge is 0.465 e. The van der Waals surface area contributed by atoms with Crippen LogP contribution in [0, 0.1) is 5.82 Å². The minimum absolute atomic E-state index is 0.00207. The highest BCUT2D eigenvalue weighted by molar-refractivity contribution is 7.92. The van der Waals surface area contributed by atoms with Gasteiger partial charge in [-0.05, 0) is 48.9 Å². The molecule has 0 aliphatic carbocycles. The third kappa shape index (κ3) is 3.92. The molecule has 0 spiro atoms. The number of nitrogens with one attached hydrogen (secondary N) is 1. The first-order chi connectivity index (χ1) is 12.8. The van der Waals surface area contributed by atoms with Crippen molar-refractivity contribution >= 4 is 33.3 Å². The number of carbonyl (C=O) groups excluding carboxylic acids is 2. The summed E-state index contributed by atoms with van der Waals surface area (Å²) in [5.41, 5.74) is 0.288. The summed E-state index contributed by atoms with van der Waals surface area (Å²) < 4.78 is 45.4. The van der Waals surface area contributed by atoms with Gasteiger partial charge in [0.2, 0.25) is 5.91 Å². The van der Waals surface area contributed by atoms with Crippen LogP contribution in [0.5, 0.6) is 0 Å². The number of anilines is 2. The summed E-state index contributed by atoms with van der Waals surface area (Å²) in [5.74, 6) is -1.56. The van der Waals surface area contributed by atoms with Gasteiger partial charge in [-0.3, -0.25) is 9.52 Å². The monoisotopic (exact) mass is 392 g/mol. The van der Waals surface area contributed by atoms with E-state index in [2.05, 4.69) is 9.46 Å². The second-order valence-corrected chi connectivity index (χ2v) is 7.61. The predicted octanol–water partition coefficient (Wildman–Crippen LogP) is 2.54. The number of rotatable bonds is 5. The quantitative estimate of drug-likeness (QED) is 0.790. The molecule has 1 N–H and O–H groups in total. The SMILES string of the molecule is COC(=O)c1cc(F)ccc1NS(=O)(=O)c1ccc(N2CCCC2=O)cc1. The van der Waals surface area contributed by atoms with Gasteiger partial charge in [-0.25, -0.2) is 17.6 Å². The molecule has 1 heterocycles. The van der Waals surface area contributed by atoms with Crippen LogP contribution in [0.2, 0.25) is 0 Å². The van der Waals surface area contributed by atoms with E-state index in [0.717, 1.165) is 31.7 Å². The summed E-state index contributed by atoms with van der Waals surface area (Å²) >= 11 is 0. The highest BCUT2D eigenvalue weighted by Gasteiger charge is 2.23. The standard InChI is InChI=1S/C18H17FN2O5S/c1-26-18(23)15-11-12(19)4-9-16(15)20-27(24,25)14-7-5-13(6-8-14)21-10-2-3-17(21)22/h4-9,11,20H,2-3,10H2,1H3. The molecule has 142 valence electrons. The predicted molar refractivity (Wildman–Crippen MR) is 96.6 cm³/mol. The van der Waals surface area contributed by atoms with Crippen LogP contribution < -0.4 is 9.62 Å². The van der Waals surface area contributed by atoms with E-state index < -0.39 is 21.8 Å². The van der Waals surface area contributed by atoms with Gasteiger partial charge < -0.3 is 9.64 Å². The first kappa shape index (κ1) is 18.8. The normalized spacial score (nSPS) is 14.3. The first-order valence-electron chi connectivity index (χ1n) is 8.13. The van der Waals surface area contributed by atoms with Gasteiger partial charge in [0.1, 0.15) is 5.82 Å². The molecule has 3 rings (SSSR count). The van der Waals surface area contributed by atoms with Crippen molar-refractivity contribution in [2.24, 2.45) is 0 Å². The van der Waals surface area contributed by atoms with Gasteiger partial charge in [0.05, 0.1) is 23.3 Å². The van der Waals surface area contributed by atoms with E-state index in [4.69, 9.17) is 0 Å². The maximum absolute atomic E-state index is 13.4. The number of benzene rings is 2. The van der Waals surface area contributed by atoms with Gasteiger partial charge in [-0.15, -0.1) is 0 Å². The van der Waals surface area contributed by atoms with Gasteiger partial charge in [0, 0.05) is 18.7 Å². The first-order valence-corrected chi connectivity index (χ1v) is 9.61. The molecule has 1 amide bonds. The molecule has 0 unspecified atom stereocenters. The zero-order valence-corrected chi connectivity index (χ0v) is 15.3. The van der Waals surface area contributed by atoms with Gasteiger partial charge in [-0.2, -0.15) is 0 Å². The number of methoxy groups -OCH3 is 1. The van der Waals surface area contributed by atoms with Crippen molar-refractivity contribution in [3.63, 3.8) is 0 Å². The zero-order valence-electron chi connectivity index (χ0n) is 14.4. The molecule has 1 fully saturated rings. The molecule has 0 aromatic heterocycles. The van der Waals surface area contributed by atoms with Crippen LogP contribution in [-0.2, 0) is 19.6 Å². The minimum Gasteiger partial charge on any atom is -0.465 e. The van der Waals surface area contributed by atoms with Crippen molar-refractivity contribution in [1.29, 1.82) is 0 Å². The average molecular weight is 392 g/mol. The van der Waals surface area contributed by atoms with Crippen molar-refractivity contribution in [2.45, 2.75) is 17.7 Å². The van der Waals surface area contributed by atoms with Gasteiger partial charge >= 0.3 is 5.97 Å². The molecule has 7 nitrogen and oxygen atoms in total. The maximum atomic E-state index is 13.4. The Kier molecular flexibility index (Phi) is 5.13. The van der Waals surface area contributed by atoms with Crippen molar-refractivity contribution < 1.29 is 27.1 Å². The van der Waals surface area contributed by atoms with Crippen LogP contribution >= 0.6 is 0 Å². The topological polar surface area (TPSA) is 92.8 Å². The van der Waals surface area contributed by atoms with E-state index in [0.29, 0.717) is 18.7 Å². The summed E-state index contributed by atoms with van der Waals surface area (Å²) in [6, 6.07) is 8.90. The number of hydrogen-bond donors (Lipinski definition) is 1. The Morgan fingerprint density at radius 3 is 2.48 bits per heavy atom. The second-order valence-electron chi connectivity index (χ2n) is 5.93. The van der Waals surface area contributed by atoms with E-state index in [-0.39, 0.29) is 22.1 Å². The average Bonchev–Trinajstić information content (AvgIpc) is 3.08. The zero-order chi connectivity index (χ0) is 19.6. The number of ether oxygens (including phenoxy) is 1. The van der Waals surface area contributed by atoms with Crippen LogP contribution in [-0.4, -0.2) is 33.9 Å². The third-order valence-electron chi connectivity index (χ3n) is 4.16. The number of sulfonamides is 1. The van der Waals surface area contributed by atoms with Gasteiger partial charge in [0.15, 0.2) is 0 Å². The molecule has 1 saturated heterocycles. The van der Waals surface area contributed by atoms with Crippen molar-refractivity contribution in [1.82, 2.24) is 0 Å². The van der Waals surface area contributed by atoms with Crippen molar-refractivity contribution in [3.8, 4) is 0 Å². The molecule has 0 saturated carbocycles. The smallest absolute Gasteiger partial charge is 0.340 e. The number of amides is 1. The summed E-state index contributed by atoms with van der Waals surface area (Å²) in [6.45, 7) is 0.598. The fraction of sp³-hybridized carbons (Fsp3) is 0.222. The van der Waals surface area contributed by atoms with Gasteiger partial charge in [0.25, 0.3) is 10.0 Å².